The number of benzene rings is 2. The number of alkyl carbamates (subject to hydrolysis) is 1. The van der Waals surface area contributed by atoms with E-state index in [9.17, 15) is 9.59 Å². The highest BCUT2D eigenvalue weighted by Gasteiger charge is 2.39. The van der Waals surface area contributed by atoms with Gasteiger partial charge >= 0.3 is 12.1 Å². The molecule has 0 saturated heterocycles. The second-order valence-corrected chi connectivity index (χ2v) is 9.26. The van der Waals surface area contributed by atoms with E-state index in [2.05, 4.69) is 20.8 Å². The first-order chi connectivity index (χ1) is 16.1. The molecule has 0 aliphatic rings. The molecule has 9 nitrogen and oxygen atoms in total. The second-order valence-electron chi connectivity index (χ2n) is 9.26. The van der Waals surface area contributed by atoms with Crippen molar-refractivity contribution >= 4 is 12.1 Å². The highest BCUT2D eigenvalue weighted by atomic mass is 16.6. The fourth-order valence-corrected chi connectivity index (χ4v) is 3.23. The van der Waals surface area contributed by atoms with E-state index in [1.165, 1.54) is 0 Å². The molecule has 0 bridgehead atoms. The van der Waals surface area contributed by atoms with Crippen LogP contribution in [-0.2, 0) is 33.8 Å². The molecule has 1 heterocycles. The Morgan fingerprint density at radius 1 is 0.941 bits per heavy atom. The summed E-state index contributed by atoms with van der Waals surface area (Å²) < 4.78 is 12.6. The van der Waals surface area contributed by atoms with Gasteiger partial charge in [-0.25, -0.2) is 14.3 Å². The van der Waals surface area contributed by atoms with Gasteiger partial charge in [-0.3, -0.25) is 0 Å². The Labute approximate surface area is 199 Å². The number of rotatable bonds is 9. The summed E-state index contributed by atoms with van der Waals surface area (Å²) in [4.78, 5) is 25.7. The molecule has 1 atom stereocenters. The van der Waals surface area contributed by atoms with Crippen molar-refractivity contribution in [1.29, 1.82) is 0 Å². The van der Waals surface area contributed by atoms with Gasteiger partial charge in [0.05, 0.1) is 6.54 Å². The zero-order valence-corrected chi connectivity index (χ0v) is 20.0. The molecule has 1 aromatic heterocycles. The first-order valence-corrected chi connectivity index (χ1v) is 11.2. The van der Waals surface area contributed by atoms with Crippen LogP contribution in [0.1, 0.15) is 51.1 Å². The van der Waals surface area contributed by atoms with Gasteiger partial charge in [0.15, 0.2) is 5.82 Å². The summed E-state index contributed by atoms with van der Waals surface area (Å²) in [6.45, 7) is 7.54. The zero-order valence-electron chi connectivity index (χ0n) is 20.0. The quantitative estimate of drug-likeness (QED) is 0.480. The van der Waals surface area contributed by atoms with Crippen LogP contribution in [0.3, 0.4) is 0 Å². The fraction of sp³-hybridized carbons (Fsp3) is 0.400. The van der Waals surface area contributed by atoms with Gasteiger partial charge in [-0.15, -0.1) is 5.10 Å². The number of hydrogen-bond donors (Lipinski definition) is 1. The lowest BCUT2D eigenvalue weighted by atomic mass is 9.95. The van der Waals surface area contributed by atoms with Crippen molar-refractivity contribution in [2.45, 2.75) is 64.8 Å². The Morgan fingerprint density at radius 3 is 2.18 bits per heavy atom. The molecule has 180 valence electrons. The minimum atomic E-state index is -1.34. The minimum absolute atomic E-state index is 0.0897. The second kappa shape index (κ2) is 10.9. The summed E-state index contributed by atoms with van der Waals surface area (Å²) in [6, 6.07) is 19.1. The van der Waals surface area contributed by atoms with Crippen molar-refractivity contribution in [3.63, 3.8) is 0 Å². The van der Waals surface area contributed by atoms with Crippen LogP contribution >= 0.6 is 0 Å². The molecule has 0 aliphatic carbocycles. The Hall–Kier alpha value is -3.75. The number of tetrazole rings is 1. The van der Waals surface area contributed by atoms with Crippen LogP contribution in [0, 0.1) is 0 Å². The molecular formula is C25H31N5O4. The average molecular weight is 466 g/mol. The van der Waals surface area contributed by atoms with Gasteiger partial charge in [0, 0.05) is 6.42 Å². The van der Waals surface area contributed by atoms with Gasteiger partial charge in [0.1, 0.15) is 17.7 Å². The topological polar surface area (TPSA) is 108 Å². The Kier molecular flexibility index (Phi) is 7.99. The zero-order chi connectivity index (χ0) is 24.6. The van der Waals surface area contributed by atoms with Crippen LogP contribution in [0.5, 0.6) is 0 Å². The van der Waals surface area contributed by atoms with Crippen molar-refractivity contribution in [1.82, 2.24) is 25.5 Å². The highest BCUT2D eigenvalue weighted by molar-refractivity contribution is 5.85. The van der Waals surface area contributed by atoms with Crippen molar-refractivity contribution < 1.29 is 19.1 Å². The Balaban J connectivity index is 1.69. The molecule has 9 heteroatoms. The minimum Gasteiger partial charge on any atom is -0.458 e. The third kappa shape index (κ3) is 7.40. The maximum atomic E-state index is 13.1. The number of nitrogens with zero attached hydrogens (tertiary/aromatic N) is 4. The van der Waals surface area contributed by atoms with Crippen LogP contribution in [0.2, 0.25) is 0 Å². The van der Waals surface area contributed by atoms with Crippen LogP contribution in [0.4, 0.5) is 4.79 Å². The molecule has 0 aliphatic heterocycles. The van der Waals surface area contributed by atoms with E-state index in [4.69, 9.17) is 9.47 Å². The summed E-state index contributed by atoms with van der Waals surface area (Å²) >= 11 is 0. The molecule has 0 spiro atoms. The summed E-state index contributed by atoms with van der Waals surface area (Å²) in [5.41, 5.74) is -0.168. The van der Waals surface area contributed by atoms with Gasteiger partial charge in [-0.1, -0.05) is 60.7 Å². The SMILES string of the molecule is CC(C)(C)OC(=O)[C@@](C)(CCc1nnnn1Cc1ccccc1)NC(=O)OCc1ccccc1. The third-order valence-electron chi connectivity index (χ3n) is 5.07. The summed E-state index contributed by atoms with van der Waals surface area (Å²) in [5.74, 6) is 0.0387. The number of nitrogens with one attached hydrogen (secondary N) is 1. The van der Waals surface area contributed by atoms with Gasteiger partial charge in [0.25, 0.3) is 0 Å². The summed E-state index contributed by atoms with van der Waals surface area (Å²) in [6.07, 6.45) is -0.146. The number of hydrogen-bond acceptors (Lipinski definition) is 7. The van der Waals surface area contributed by atoms with Gasteiger partial charge < -0.3 is 14.8 Å². The lowest BCUT2D eigenvalue weighted by Crippen LogP contribution is -2.55. The van der Waals surface area contributed by atoms with Gasteiger partial charge in [-0.2, -0.15) is 0 Å². The van der Waals surface area contributed by atoms with Crippen LogP contribution in [0.15, 0.2) is 60.7 Å². The number of aryl methyl sites for hydroxylation is 1. The number of esters is 1. The molecule has 1 N–H and O–H groups in total. The van der Waals surface area contributed by atoms with Gasteiger partial charge in [-0.05, 0) is 55.7 Å². The van der Waals surface area contributed by atoms with E-state index < -0.39 is 23.2 Å². The van der Waals surface area contributed by atoms with Crippen molar-refractivity contribution in [2.75, 3.05) is 0 Å². The standard InChI is InChI=1S/C25H31N5O4/c1-24(2,3)34-22(31)25(4,26-23(32)33-18-20-13-9-6-10-14-20)16-15-21-27-28-29-30(21)17-19-11-7-5-8-12-19/h5-14H,15-18H2,1-4H3,(H,26,32)/t25-/m1/s1. The molecule has 34 heavy (non-hydrogen) atoms. The van der Waals surface area contributed by atoms with Crippen molar-refractivity contribution in [3.05, 3.63) is 77.6 Å². The monoisotopic (exact) mass is 465 g/mol. The molecule has 1 amide bonds. The number of amides is 1. The summed E-state index contributed by atoms with van der Waals surface area (Å²) in [7, 11) is 0. The van der Waals surface area contributed by atoms with E-state index >= 15 is 0 Å². The van der Waals surface area contributed by atoms with Crippen LogP contribution in [-0.4, -0.2) is 43.4 Å². The fourth-order valence-electron chi connectivity index (χ4n) is 3.23. The van der Waals surface area contributed by atoms with E-state index in [0.717, 1.165) is 11.1 Å². The normalized spacial score (nSPS) is 13.1. The lowest BCUT2D eigenvalue weighted by Gasteiger charge is -2.31. The van der Waals surface area contributed by atoms with Gasteiger partial charge in [0.2, 0.25) is 0 Å². The highest BCUT2D eigenvalue weighted by Crippen LogP contribution is 2.20. The number of carbonyl (C=O) groups is 2. The molecule has 0 radical (unpaired) electrons. The van der Waals surface area contributed by atoms with Crippen molar-refractivity contribution in [2.24, 2.45) is 0 Å². The number of aromatic nitrogens is 4. The van der Waals surface area contributed by atoms with Crippen LogP contribution in [0.25, 0.3) is 0 Å². The van der Waals surface area contributed by atoms with E-state index in [1.807, 2.05) is 60.7 Å². The molecular weight excluding hydrogens is 434 g/mol. The first kappa shape index (κ1) is 24.9. The van der Waals surface area contributed by atoms with E-state index in [1.54, 1.807) is 32.4 Å². The first-order valence-electron chi connectivity index (χ1n) is 11.2. The lowest BCUT2D eigenvalue weighted by molar-refractivity contribution is -0.162. The number of ether oxygens (including phenoxy) is 2. The Morgan fingerprint density at radius 2 is 1.56 bits per heavy atom. The third-order valence-corrected chi connectivity index (χ3v) is 5.07. The van der Waals surface area contributed by atoms with E-state index in [-0.39, 0.29) is 13.0 Å². The van der Waals surface area contributed by atoms with Crippen molar-refractivity contribution in [3.8, 4) is 0 Å². The molecule has 3 rings (SSSR count). The largest absolute Gasteiger partial charge is 0.458 e. The van der Waals surface area contributed by atoms with Crippen LogP contribution < -0.4 is 5.32 Å². The molecule has 3 aromatic rings. The average Bonchev–Trinajstić information content (AvgIpc) is 3.23. The molecule has 0 fully saturated rings. The molecule has 0 unspecified atom stereocenters. The maximum Gasteiger partial charge on any atom is 0.408 e. The number of carbonyl (C=O) groups excluding carboxylic acids is 2. The predicted molar refractivity (Wildman–Crippen MR) is 126 cm³/mol. The Bertz CT molecular complexity index is 1080. The smallest absolute Gasteiger partial charge is 0.408 e. The molecule has 0 saturated carbocycles. The van der Waals surface area contributed by atoms with E-state index in [0.29, 0.717) is 18.8 Å². The molecule has 2 aromatic carbocycles. The predicted octanol–water partition coefficient (Wildman–Crippen LogP) is 3.68. The summed E-state index contributed by atoms with van der Waals surface area (Å²) in [5, 5.41) is 14.7. The maximum absolute atomic E-state index is 13.1.